The van der Waals surface area contributed by atoms with E-state index in [1.54, 1.807) is 18.2 Å². The number of aryl methyl sites for hydroxylation is 3. The third-order valence-electron chi connectivity index (χ3n) is 8.53. The van der Waals surface area contributed by atoms with Gasteiger partial charge in [-0.3, -0.25) is 4.79 Å². The van der Waals surface area contributed by atoms with Crippen molar-refractivity contribution >= 4 is 17.0 Å². The van der Waals surface area contributed by atoms with Crippen molar-refractivity contribution in [2.75, 3.05) is 13.7 Å². The second-order valence-electron chi connectivity index (χ2n) is 11.9. The highest BCUT2D eigenvalue weighted by molar-refractivity contribution is 5.93. The zero-order valence-electron chi connectivity index (χ0n) is 27.5. The first-order valence-electron chi connectivity index (χ1n) is 16.3. The number of aromatic amines is 1. The fourth-order valence-electron chi connectivity index (χ4n) is 5.87. The summed E-state index contributed by atoms with van der Waals surface area (Å²) in [5, 5.41) is 32.2. The predicted octanol–water partition coefficient (Wildman–Crippen LogP) is 8.07. The molecule has 0 fully saturated rings. The number of phenolic OH excluding ortho intramolecular Hbond substituents is 2. The first-order chi connectivity index (χ1) is 23.8. The van der Waals surface area contributed by atoms with Crippen molar-refractivity contribution in [2.24, 2.45) is 0 Å². The van der Waals surface area contributed by atoms with Crippen LogP contribution >= 0.6 is 0 Å². The molecule has 250 valence electrons. The molecule has 2 heterocycles. The number of fused-ring (bicyclic) bond motifs is 1. The first kappa shape index (κ1) is 33.2. The van der Waals surface area contributed by atoms with Crippen molar-refractivity contribution in [2.45, 2.75) is 38.7 Å². The van der Waals surface area contributed by atoms with Gasteiger partial charge in [-0.1, -0.05) is 73.7 Å². The molecule has 4 N–H and O–H groups in total. The van der Waals surface area contributed by atoms with Crippen LogP contribution in [0.25, 0.3) is 39.5 Å². The van der Waals surface area contributed by atoms with Gasteiger partial charge in [0.2, 0.25) is 5.75 Å². The Hall–Kier alpha value is -5.73. The summed E-state index contributed by atoms with van der Waals surface area (Å²) in [6.45, 7) is 2.14. The molecule has 0 aliphatic carbocycles. The van der Waals surface area contributed by atoms with Gasteiger partial charge in [0, 0.05) is 35.5 Å². The number of hydrogen-bond donors (Lipinski definition) is 4. The lowest BCUT2D eigenvalue weighted by atomic mass is 9.97. The van der Waals surface area contributed by atoms with Gasteiger partial charge in [0.25, 0.3) is 0 Å². The standard InChI is InChI=1S/C41H39NO7/c1-3-31-23-30(25-42-31)29-11-7-10-27(22-29)13-19-34-38(46)41(47-2)40(48-21-20-33(44)16-12-26-8-5-4-6-9-26)37-35(45)24-36(49-39(34)37)28-14-17-32(43)18-15-28/h4-12,14-18,22-25,33,42-44,46H,3,13,19-21H2,1-2H3. The lowest BCUT2D eigenvalue weighted by Crippen LogP contribution is -2.12. The molecule has 0 saturated heterocycles. The van der Waals surface area contributed by atoms with Gasteiger partial charge in [-0.25, -0.2) is 0 Å². The predicted molar refractivity (Wildman–Crippen MR) is 192 cm³/mol. The van der Waals surface area contributed by atoms with E-state index in [0.29, 0.717) is 24.0 Å². The van der Waals surface area contributed by atoms with E-state index in [4.69, 9.17) is 13.9 Å². The Morgan fingerprint density at radius 2 is 1.67 bits per heavy atom. The smallest absolute Gasteiger partial charge is 0.204 e. The Morgan fingerprint density at radius 3 is 2.41 bits per heavy atom. The molecule has 0 aliphatic heterocycles. The lowest BCUT2D eigenvalue weighted by molar-refractivity contribution is 0.177. The third kappa shape index (κ3) is 7.55. The van der Waals surface area contributed by atoms with Crippen molar-refractivity contribution in [3.63, 3.8) is 0 Å². The van der Waals surface area contributed by atoms with Gasteiger partial charge >= 0.3 is 0 Å². The number of hydrogen-bond acceptors (Lipinski definition) is 7. The van der Waals surface area contributed by atoms with Crippen LogP contribution in [-0.2, 0) is 19.3 Å². The average Bonchev–Trinajstić information content (AvgIpc) is 3.61. The molecule has 6 rings (SSSR count). The van der Waals surface area contributed by atoms with Gasteiger partial charge in [0.1, 0.15) is 22.5 Å². The molecule has 0 amide bonds. The largest absolute Gasteiger partial charge is 0.508 e. The number of aliphatic hydroxyl groups excluding tert-OH is 1. The highest BCUT2D eigenvalue weighted by Crippen LogP contribution is 2.46. The summed E-state index contributed by atoms with van der Waals surface area (Å²) in [6.07, 6.45) is 6.72. The van der Waals surface area contributed by atoms with Crippen LogP contribution in [0.15, 0.2) is 112 Å². The Bertz CT molecular complexity index is 2130. The van der Waals surface area contributed by atoms with E-state index in [2.05, 4.69) is 30.1 Å². The first-order valence-corrected chi connectivity index (χ1v) is 16.3. The summed E-state index contributed by atoms with van der Waals surface area (Å²) in [4.78, 5) is 17.2. The monoisotopic (exact) mass is 657 g/mol. The van der Waals surface area contributed by atoms with Gasteiger partial charge in [-0.2, -0.15) is 0 Å². The van der Waals surface area contributed by atoms with E-state index in [1.807, 2.05) is 54.7 Å². The number of methoxy groups -OCH3 is 1. The van der Waals surface area contributed by atoms with Crippen LogP contribution in [-0.4, -0.2) is 40.1 Å². The lowest BCUT2D eigenvalue weighted by Gasteiger charge is -2.19. The number of H-pyrrole nitrogens is 1. The zero-order chi connectivity index (χ0) is 34.3. The van der Waals surface area contributed by atoms with Crippen LogP contribution < -0.4 is 14.9 Å². The molecule has 8 nitrogen and oxygen atoms in total. The molecule has 4 aromatic carbocycles. The Balaban J connectivity index is 1.35. The number of aromatic hydroxyl groups is 2. The highest BCUT2D eigenvalue weighted by atomic mass is 16.5. The maximum atomic E-state index is 13.9. The summed E-state index contributed by atoms with van der Waals surface area (Å²) < 4.78 is 18.1. The Kier molecular flexibility index (Phi) is 10.2. The van der Waals surface area contributed by atoms with Crippen LogP contribution in [0.1, 0.15) is 35.7 Å². The van der Waals surface area contributed by atoms with Crippen LogP contribution in [0.5, 0.6) is 23.0 Å². The minimum Gasteiger partial charge on any atom is -0.508 e. The molecule has 1 unspecified atom stereocenters. The van der Waals surface area contributed by atoms with Gasteiger partial charge in [-0.15, -0.1) is 0 Å². The number of nitrogens with one attached hydrogen (secondary N) is 1. The average molecular weight is 658 g/mol. The van der Waals surface area contributed by atoms with Crippen molar-refractivity contribution in [1.82, 2.24) is 4.98 Å². The van der Waals surface area contributed by atoms with E-state index in [-0.39, 0.29) is 58.2 Å². The SMILES string of the molecule is CCc1cc(-c2cccc(CCc3c(O)c(OC)c(OCCC(O)C=Cc4ccccc4)c4c(=O)cc(-c5ccc(O)cc5)oc34)c2)c[nH]1. The zero-order valence-corrected chi connectivity index (χ0v) is 27.5. The highest BCUT2D eigenvalue weighted by Gasteiger charge is 2.26. The molecule has 0 spiro atoms. The number of rotatable bonds is 13. The Morgan fingerprint density at radius 1 is 0.878 bits per heavy atom. The van der Waals surface area contributed by atoms with Crippen molar-refractivity contribution in [3.05, 3.63) is 136 Å². The van der Waals surface area contributed by atoms with E-state index < -0.39 is 6.10 Å². The van der Waals surface area contributed by atoms with E-state index >= 15 is 0 Å². The maximum absolute atomic E-state index is 13.9. The fourth-order valence-corrected chi connectivity index (χ4v) is 5.87. The number of phenols is 2. The van der Waals surface area contributed by atoms with E-state index in [9.17, 15) is 20.1 Å². The molecule has 0 saturated carbocycles. The second kappa shape index (κ2) is 15.0. The van der Waals surface area contributed by atoms with Gasteiger partial charge in [-0.05, 0) is 71.8 Å². The normalized spacial score (nSPS) is 12.1. The second-order valence-corrected chi connectivity index (χ2v) is 11.9. The van der Waals surface area contributed by atoms with Crippen molar-refractivity contribution in [1.29, 1.82) is 0 Å². The summed E-state index contributed by atoms with van der Waals surface area (Å²) in [5.41, 5.74) is 6.11. The van der Waals surface area contributed by atoms with Gasteiger partial charge in [0.15, 0.2) is 16.9 Å². The van der Waals surface area contributed by atoms with Gasteiger partial charge in [0.05, 0.1) is 19.8 Å². The molecule has 2 aromatic heterocycles. The summed E-state index contributed by atoms with van der Waals surface area (Å²) in [6, 6.07) is 27.7. The molecule has 0 radical (unpaired) electrons. The Labute approximate surface area is 284 Å². The molecule has 1 atom stereocenters. The fraction of sp³-hybridized carbons (Fsp3) is 0.195. The molecular weight excluding hydrogens is 618 g/mol. The summed E-state index contributed by atoms with van der Waals surface area (Å²) in [5.74, 6) is 0.242. The summed E-state index contributed by atoms with van der Waals surface area (Å²) >= 11 is 0. The molecule has 49 heavy (non-hydrogen) atoms. The van der Waals surface area contributed by atoms with Crippen LogP contribution in [0.3, 0.4) is 0 Å². The molecule has 0 bridgehead atoms. The molecule has 6 aromatic rings. The quantitative estimate of drug-likeness (QED) is 0.0990. The third-order valence-corrected chi connectivity index (χ3v) is 8.53. The molecular formula is C41H39NO7. The summed E-state index contributed by atoms with van der Waals surface area (Å²) in [7, 11) is 1.41. The number of ether oxygens (including phenoxy) is 2. The number of aromatic nitrogens is 1. The minimum absolute atomic E-state index is 0.0228. The van der Waals surface area contributed by atoms with Crippen LogP contribution in [0.4, 0.5) is 0 Å². The molecule has 0 aliphatic rings. The number of benzene rings is 4. The van der Waals surface area contributed by atoms with Crippen LogP contribution in [0.2, 0.25) is 0 Å². The van der Waals surface area contributed by atoms with Gasteiger partial charge < -0.3 is 34.2 Å². The minimum atomic E-state index is -0.807. The van der Waals surface area contributed by atoms with Crippen molar-refractivity contribution in [3.8, 4) is 45.4 Å². The van der Waals surface area contributed by atoms with E-state index in [1.165, 1.54) is 25.3 Å². The van der Waals surface area contributed by atoms with Crippen LogP contribution in [0, 0.1) is 0 Å². The topological polar surface area (TPSA) is 125 Å². The maximum Gasteiger partial charge on any atom is 0.204 e. The van der Waals surface area contributed by atoms with E-state index in [0.717, 1.165) is 34.4 Å². The van der Waals surface area contributed by atoms with Crippen molar-refractivity contribution < 1.29 is 29.2 Å². The molecule has 8 heteroatoms. The number of aliphatic hydroxyl groups is 1.